The van der Waals surface area contributed by atoms with Crippen LogP contribution < -0.4 is 16.0 Å². The first-order valence-electron chi connectivity index (χ1n) is 7.32. The SMILES string of the molecule is CNC(=O)Nc1ccc(NC(=O)Cn2nnc3ccccc32)cc1. The van der Waals surface area contributed by atoms with Crippen LogP contribution in [0, 0.1) is 0 Å². The summed E-state index contributed by atoms with van der Waals surface area (Å²) in [6.07, 6.45) is 0. The van der Waals surface area contributed by atoms with Crippen LogP contribution in [0.5, 0.6) is 0 Å². The molecule has 8 nitrogen and oxygen atoms in total. The average molecular weight is 324 g/mol. The molecule has 3 amide bonds. The number of hydrogen-bond acceptors (Lipinski definition) is 4. The average Bonchev–Trinajstić information content (AvgIpc) is 2.99. The lowest BCUT2D eigenvalue weighted by Crippen LogP contribution is -2.24. The number of hydrogen-bond donors (Lipinski definition) is 3. The molecule has 0 aliphatic heterocycles. The summed E-state index contributed by atoms with van der Waals surface area (Å²) in [6.45, 7) is 0.0682. The van der Waals surface area contributed by atoms with E-state index < -0.39 is 0 Å². The smallest absolute Gasteiger partial charge is 0.318 e. The highest BCUT2D eigenvalue weighted by Gasteiger charge is 2.09. The Morgan fingerprint density at radius 3 is 2.38 bits per heavy atom. The number of nitrogens with one attached hydrogen (secondary N) is 3. The van der Waals surface area contributed by atoms with Crippen LogP contribution >= 0.6 is 0 Å². The molecule has 3 aromatic rings. The largest absolute Gasteiger partial charge is 0.341 e. The highest BCUT2D eigenvalue weighted by Crippen LogP contribution is 2.14. The van der Waals surface area contributed by atoms with Crippen molar-refractivity contribution in [2.24, 2.45) is 0 Å². The predicted octanol–water partition coefficient (Wildman–Crippen LogP) is 1.82. The third-order valence-corrected chi connectivity index (χ3v) is 3.37. The highest BCUT2D eigenvalue weighted by atomic mass is 16.2. The van der Waals surface area contributed by atoms with Gasteiger partial charge in [-0.05, 0) is 36.4 Å². The van der Waals surface area contributed by atoms with Crippen LogP contribution in [0.15, 0.2) is 48.5 Å². The zero-order valence-electron chi connectivity index (χ0n) is 13.0. The molecule has 1 aromatic heterocycles. The fraction of sp³-hybridized carbons (Fsp3) is 0.125. The minimum atomic E-state index is -0.301. The molecular weight excluding hydrogens is 308 g/mol. The van der Waals surface area contributed by atoms with E-state index in [0.29, 0.717) is 11.4 Å². The lowest BCUT2D eigenvalue weighted by atomic mass is 10.2. The van der Waals surface area contributed by atoms with E-state index in [4.69, 9.17) is 0 Å². The number of anilines is 2. The zero-order chi connectivity index (χ0) is 16.9. The number of amides is 3. The van der Waals surface area contributed by atoms with Gasteiger partial charge in [0.1, 0.15) is 12.1 Å². The van der Waals surface area contributed by atoms with Crippen molar-refractivity contribution in [2.45, 2.75) is 6.54 Å². The molecule has 8 heteroatoms. The summed E-state index contributed by atoms with van der Waals surface area (Å²) >= 11 is 0. The minimum absolute atomic E-state index is 0.0682. The highest BCUT2D eigenvalue weighted by molar-refractivity contribution is 5.92. The molecule has 2 aromatic carbocycles. The number of carbonyl (C=O) groups excluding carboxylic acids is 2. The maximum atomic E-state index is 12.2. The van der Waals surface area contributed by atoms with Gasteiger partial charge in [-0.25, -0.2) is 9.48 Å². The molecule has 0 saturated carbocycles. The molecule has 122 valence electrons. The van der Waals surface area contributed by atoms with Crippen molar-refractivity contribution in [1.29, 1.82) is 0 Å². The molecule has 3 N–H and O–H groups in total. The van der Waals surface area contributed by atoms with Gasteiger partial charge in [0, 0.05) is 18.4 Å². The quantitative estimate of drug-likeness (QED) is 0.681. The van der Waals surface area contributed by atoms with E-state index in [9.17, 15) is 9.59 Å². The van der Waals surface area contributed by atoms with Gasteiger partial charge in [0.2, 0.25) is 5.91 Å². The van der Waals surface area contributed by atoms with Crippen LogP contribution in [0.4, 0.5) is 16.2 Å². The van der Waals surface area contributed by atoms with E-state index in [0.717, 1.165) is 11.0 Å². The maximum absolute atomic E-state index is 12.2. The van der Waals surface area contributed by atoms with Crippen molar-refractivity contribution in [2.75, 3.05) is 17.7 Å². The molecule has 3 rings (SSSR count). The zero-order valence-corrected chi connectivity index (χ0v) is 13.0. The van der Waals surface area contributed by atoms with E-state index in [1.54, 1.807) is 28.9 Å². The Balaban J connectivity index is 1.63. The fourth-order valence-electron chi connectivity index (χ4n) is 2.20. The van der Waals surface area contributed by atoms with E-state index >= 15 is 0 Å². The van der Waals surface area contributed by atoms with Gasteiger partial charge in [-0.15, -0.1) is 5.10 Å². The lowest BCUT2D eigenvalue weighted by molar-refractivity contribution is -0.116. The minimum Gasteiger partial charge on any atom is -0.341 e. The van der Waals surface area contributed by atoms with Gasteiger partial charge >= 0.3 is 6.03 Å². The monoisotopic (exact) mass is 324 g/mol. The number of benzene rings is 2. The van der Waals surface area contributed by atoms with Crippen molar-refractivity contribution in [3.8, 4) is 0 Å². The van der Waals surface area contributed by atoms with Crippen molar-refractivity contribution in [1.82, 2.24) is 20.3 Å². The predicted molar refractivity (Wildman–Crippen MR) is 90.7 cm³/mol. The molecule has 0 spiro atoms. The van der Waals surface area contributed by atoms with Crippen LogP contribution in [0.1, 0.15) is 0 Å². The summed E-state index contributed by atoms with van der Waals surface area (Å²) in [5, 5.41) is 15.9. The van der Waals surface area contributed by atoms with Crippen molar-refractivity contribution < 1.29 is 9.59 Å². The van der Waals surface area contributed by atoms with Gasteiger partial charge in [0.15, 0.2) is 0 Å². The fourth-order valence-corrected chi connectivity index (χ4v) is 2.20. The summed E-state index contributed by atoms with van der Waals surface area (Å²) < 4.78 is 1.55. The normalized spacial score (nSPS) is 10.4. The van der Waals surface area contributed by atoms with Gasteiger partial charge < -0.3 is 16.0 Å². The first-order chi connectivity index (χ1) is 11.7. The number of nitrogens with zero attached hydrogens (tertiary/aromatic N) is 3. The van der Waals surface area contributed by atoms with Gasteiger partial charge in [0.05, 0.1) is 5.52 Å². The molecule has 0 bridgehead atoms. The molecule has 0 aliphatic rings. The van der Waals surface area contributed by atoms with Crippen LogP contribution in [-0.4, -0.2) is 34.0 Å². The number of aromatic nitrogens is 3. The van der Waals surface area contributed by atoms with Crippen molar-refractivity contribution >= 4 is 34.3 Å². The number of rotatable bonds is 4. The van der Waals surface area contributed by atoms with Gasteiger partial charge in [-0.2, -0.15) is 0 Å². The maximum Gasteiger partial charge on any atom is 0.318 e. The molecule has 0 radical (unpaired) electrons. The Labute approximate surface area is 137 Å². The topological polar surface area (TPSA) is 101 Å². The summed E-state index contributed by atoms with van der Waals surface area (Å²) in [6, 6.07) is 14.0. The van der Waals surface area contributed by atoms with E-state index in [2.05, 4.69) is 26.3 Å². The summed E-state index contributed by atoms with van der Waals surface area (Å²) in [7, 11) is 1.54. The van der Waals surface area contributed by atoms with Crippen LogP contribution in [0.25, 0.3) is 11.0 Å². The third-order valence-electron chi connectivity index (χ3n) is 3.37. The summed E-state index contributed by atoms with van der Waals surface area (Å²) in [5.74, 6) is -0.210. The van der Waals surface area contributed by atoms with Gasteiger partial charge in [0.25, 0.3) is 0 Å². The second kappa shape index (κ2) is 6.78. The van der Waals surface area contributed by atoms with E-state index in [1.165, 1.54) is 7.05 Å². The standard InChI is InChI=1S/C16H16N6O2/c1-17-16(24)19-12-8-6-11(7-9-12)18-15(23)10-22-14-5-3-2-4-13(14)20-21-22/h2-9H,10H2,1H3,(H,18,23)(H2,17,19,24). The van der Waals surface area contributed by atoms with E-state index in [1.807, 2.05) is 24.3 Å². The van der Waals surface area contributed by atoms with Gasteiger partial charge in [-0.3, -0.25) is 4.79 Å². The van der Waals surface area contributed by atoms with E-state index in [-0.39, 0.29) is 18.5 Å². The van der Waals surface area contributed by atoms with Gasteiger partial charge in [-0.1, -0.05) is 17.3 Å². The number of fused-ring (bicyclic) bond motifs is 1. The molecule has 0 fully saturated rings. The molecule has 0 unspecified atom stereocenters. The number of urea groups is 1. The molecule has 0 saturated heterocycles. The number of carbonyl (C=O) groups is 2. The van der Waals surface area contributed by atoms with Crippen LogP contribution in [0.3, 0.4) is 0 Å². The van der Waals surface area contributed by atoms with Crippen LogP contribution in [-0.2, 0) is 11.3 Å². The summed E-state index contributed by atoms with van der Waals surface area (Å²) in [5.41, 5.74) is 2.81. The second-order valence-corrected chi connectivity index (χ2v) is 5.07. The Morgan fingerprint density at radius 1 is 1.00 bits per heavy atom. The van der Waals surface area contributed by atoms with Crippen molar-refractivity contribution in [3.63, 3.8) is 0 Å². The first kappa shape index (κ1) is 15.5. The molecule has 0 aliphatic carbocycles. The second-order valence-electron chi connectivity index (χ2n) is 5.07. The van der Waals surface area contributed by atoms with Crippen LogP contribution in [0.2, 0.25) is 0 Å². The first-order valence-corrected chi connectivity index (χ1v) is 7.32. The molecule has 1 heterocycles. The number of para-hydroxylation sites is 1. The Kier molecular flexibility index (Phi) is 4.37. The Morgan fingerprint density at radius 2 is 1.67 bits per heavy atom. The van der Waals surface area contributed by atoms with Crippen molar-refractivity contribution in [3.05, 3.63) is 48.5 Å². The molecule has 24 heavy (non-hydrogen) atoms. The lowest BCUT2D eigenvalue weighted by Gasteiger charge is -2.08. The molecule has 0 atom stereocenters. The third kappa shape index (κ3) is 3.49. The summed E-state index contributed by atoms with van der Waals surface area (Å²) in [4.78, 5) is 23.4. The Bertz CT molecular complexity index is 872. The molecular formula is C16H16N6O2. The Hall–Kier alpha value is -3.42.